The van der Waals surface area contributed by atoms with Gasteiger partial charge in [0.2, 0.25) is 5.88 Å². The largest absolute Gasteiger partial charge is 0.472 e. The van der Waals surface area contributed by atoms with Crippen molar-refractivity contribution in [3.8, 4) is 5.88 Å². The van der Waals surface area contributed by atoms with Crippen LogP contribution < -0.4 is 4.74 Å². The molecule has 1 aliphatic heterocycles. The summed E-state index contributed by atoms with van der Waals surface area (Å²) in [5.41, 5.74) is 0.521. The van der Waals surface area contributed by atoms with Gasteiger partial charge in [0.1, 0.15) is 12.2 Å². The van der Waals surface area contributed by atoms with E-state index in [4.69, 9.17) is 14.5 Å². The van der Waals surface area contributed by atoms with Gasteiger partial charge in [-0.2, -0.15) is 0 Å². The van der Waals surface area contributed by atoms with Crippen LogP contribution in [-0.2, 0) is 11.3 Å². The first-order valence-corrected chi connectivity index (χ1v) is 11.8. The molecular weight excluding hydrogens is 412 g/mol. The van der Waals surface area contributed by atoms with Crippen LogP contribution in [-0.4, -0.2) is 40.5 Å². The van der Waals surface area contributed by atoms with Gasteiger partial charge >= 0.3 is 6.09 Å². The Morgan fingerprint density at radius 2 is 1.84 bits per heavy atom. The van der Waals surface area contributed by atoms with Gasteiger partial charge in [0.15, 0.2) is 5.78 Å². The summed E-state index contributed by atoms with van der Waals surface area (Å²) >= 11 is 1.52. The monoisotopic (exact) mass is 442 g/mol. The zero-order chi connectivity index (χ0) is 22.0. The highest BCUT2D eigenvalue weighted by atomic mass is 32.1. The number of rotatable bonds is 6. The molecule has 0 bridgehead atoms. The lowest BCUT2D eigenvalue weighted by Crippen LogP contribution is -2.41. The van der Waals surface area contributed by atoms with E-state index in [1.54, 1.807) is 4.90 Å². The molecule has 0 N–H and O–H groups in total. The molecule has 166 valence electrons. The number of ether oxygens (including phenoxy) is 2. The second-order valence-electron chi connectivity index (χ2n) is 9.34. The van der Waals surface area contributed by atoms with Gasteiger partial charge in [-0.25, -0.2) is 9.78 Å². The third-order valence-electron chi connectivity index (χ3n) is 5.52. The molecule has 2 aromatic heterocycles. The maximum atomic E-state index is 12.3. The summed E-state index contributed by atoms with van der Waals surface area (Å²) in [6.45, 7) is 7.40. The zero-order valence-electron chi connectivity index (χ0n) is 18.4. The number of hydrogen-bond acceptors (Lipinski definition) is 6. The maximum Gasteiger partial charge on any atom is 0.410 e. The van der Waals surface area contributed by atoms with Crippen LogP contribution in [0, 0.1) is 5.92 Å². The fourth-order valence-corrected chi connectivity index (χ4v) is 4.64. The van der Waals surface area contributed by atoms with E-state index in [-0.39, 0.29) is 17.8 Å². The highest BCUT2D eigenvalue weighted by Gasteiger charge is 2.31. The van der Waals surface area contributed by atoms with Crippen molar-refractivity contribution in [2.24, 2.45) is 5.92 Å². The van der Waals surface area contributed by atoms with Crippen molar-refractivity contribution in [1.29, 1.82) is 0 Å². The standard InChI is InChI=1S/C24H30N2O4S/c1-24(2,3)30-23(28)26-13-11-16(12-14-26)19-5-4-6-21(25-19)29-15-18-9-10-20(31-18)22(27)17-7-8-17/h4-6,9-10,16-17H,7-8,11-15H2,1-3H3. The first-order chi connectivity index (χ1) is 14.8. The smallest absolute Gasteiger partial charge is 0.410 e. The Bertz CT molecular complexity index is 937. The number of carbonyl (C=O) groups excluding carboxylic acids is 2. The van der Waals surface area contributed by atoms with Crippen LogP contribution >= 0.6 is 11.3 Å². The first kappa shape index (κ1) is 21.8. The molecule has 3 heterocycles. The minimum absolute atomic E-state index is 0.243. The van der Waals surface area contributed by atoms with Crippen molar-refractivity contribution in [3.63, 3.8) is 0 Å². The zero-order valence-corrected chi connectivity index (χ0v) is 19.2. The highest BCUT2D eigenvalue weighted by Crippen LogP contribution is 2.35. The Kier molecular flexibility index (Phi) is 6.32. The average Bonchev–Trinajstić information content (AvgIpc) is 3.48. The van der Waals surface area contributed by atoms with Gasteiger partial charge in [0.05, 0.1) is 4.88 Å². The molecule has 6 nitrogen and oxygen atoms in total. The molecule has 0 aromatic carbocycles. The molecule has 31 heavy (non-hydrogen) atoms. The molecule has 2 fully saturated rings. The number of pyridine rings is 1. The minimum atomic E-state index is -0.477. The van der Waals surface area contributed by atoms with E-state index in [9.17, 15) is 9.59 Å². The quantitative estimate of drug-likeness (QED) is 0.558. The summed E-state index contributed by atoms with van der Waals surface area (Å²) in [6, 6.07) is 9.73. The van der Waals surface area contributed by atoms with Crippen LogP contribution in [0.25, 0.3) is 0 Å². The number of amides is 1. The van der Waals surface area contributed by atoms with Crippen LogP contribution in [0.2, 0.25) is 0 Å². The van der Waals surface area contributed by atoms with Gasteiger partial charge in [-0.3, -0.25) is 4.79 Å². The Morgan fingerprint density at radius 1 is 1.10 bits per heavy atom. The normalized spacial score (nSPS) is 17.5. The molecule has 1 aliphatic carbocycles. The summed E-state index contributed by atoms with van der Waals surface area (Å²) in [6.07, 6.45) is 3.51. The molecule has 1 amide bonds. The van der Waals surface area contributed by atoms with E-state index < -0.39 is 5.60 Å². The topological polar surface area (TPSA) is 68.7 Å². The van der Waals surface area contributed by atoms with Crippen LogP contribution in [0.1, 0.15) is 72.6 Å². The van der Waals surface area contributed by atoms with Gasteiger partial charge in [-0.15, -0.1) is 11.3 Å². The number of hydrogen-bond donors (Lipinski definition) is 0. The van der Waals surface area contributed by atoms with Crippen molar-refractivity contribution >= 4 is 23.2 Å². The molecule has 7 heteroatoms. The second-order valence-corrected chi connectivity index (χ2v) is 10.5. The SMILES string of the molecule is CC(C)(C)OC(=O)N1CCC(c2cccc(OCc3ccc(C(=O)C4CC4)s3)n2)CC1. The third kappa shape index (κ3) is 5.85. The summed E-state index contributed by atoms with van der Waals surface area (Å²) in [4.78, 5) is 32.8. The lowest BCUT2D eigenvalue weighted by atomic mass is 9.93. The number of nitrogens with zero attached hydrogens (tertiary/aromatic N) is 2. The number of Topliss-reactive ketones (excluding diaryl/α,β-unsaturated/α-hetero) is 1. The number of thiophene rings is 1. The number of piperidine rings is 1. The molecule has 2 aromatic rings. The van der Waals surface area contributed by atoms with Gasteiger partial charge < -0.3 is 14.4 Å². The molecule has 4 rings (SSSR count). The number of ketones is 1. The van der Waals surface area contributed by atoms with Gasteiger partial charge in [-0.1, -0.05) is 6.07 Å². The molecule has 0 spiro atoms. The van der Waals surface area contributed by atoms with E-state index in [1.807, 2.05) is 51.1 Å². The van der Waals surface area contributed by atoms with Crippen molar-refractivity contribution in [2.75, 3.05) is 13.1 Å². The predicted molar refractivity (Wildman–Crippen MR) is 120 cm³/mol. The molecule has 1 saturated heterocycles. The lowest BCUT2D eigenvalue weighted by Gasteiger charge is -2.33. The highest BCUT2D eigenvalue weighted by molar-refractivity contribution is 7.14. The van der Waals surface area contributed by atoms with E-state index in [2.05, 4.69) is 0 Å². The molecule has 0 unspecified atom stereocenters. The lowest BCUT2D eigenvalue weighted by molar-refractivity contribution is 0.0203. The molecule has 0 atom stereocenters. The summed E-state index contributed by atoms with van der Waals surface area (Å²) in [5.74, 6) is 1.41. The average molecular weight is 443 g/mol. The van der Waals surface area contributed by atoms with Crippen LogP contribution in [0.4, 0.5) is 4.79 Å². The van der Waals surface area contributed by atoms with Crippen molar-refractivity contribution in [2.45, 2.75) is 64.6 Å². The Morgan fingerprint density at radius 3 is 2.52 bits per heavy atom. The Balaban J connectivity index is 1.30. The van der Waals surface area contributed by atoms with Gasteiger partial charge in [0, 0.05) is 41.6 Å². The summed E-state index contributed by atoms with van der Waals surface area (Å²) in [5, 5.41) is 0. The number of likely N-dealkylation sites (tertiary alicyclic amines) is 1. The van der Waals surface area contributed by atoms with Crippen molar-refractivity contribution in [3.05, 3.63) is 45.8 Å². The number of carbonyl (C=O) groups is 2. The van der Waals surface area contributed by atoms with E-state index in [0.29, 0.717) is 31.5 Å². The molecule has 1 saturated carbocycles. The molecule has 0 radical (unpaired) electrons. The van der Waals surface area contributed by atoms with E-state index in [0.717, 1.165) is 41.1 Å². The Labute approximate surface area is 187 Å². The third-order valence-corrected chi connectivity index (χ3v) is 6.60. The summed E-state index contributed by atoms with van der Waals surface area (Å²) in [7, 11) is 0. The summed E-state index contributed by atoms with van der Waals surface area (Å²) < 4.78 is 11.4. The Hall–Kier alpha value is -2.41. The minimum Gasteiger partial charge on any atom is -0.472 e. The van der Waals surface area contributed by atoms with Crippen molar-refractivity contribution < 1.29 is 19.1 Å². The molecular formula is C24H30N2O4S. The fourth-order valence-electron chi connectivity index (χ4n) is 3.70. The van der Waals surface area contributed by atoms with Crippen LogP contribution in [0.3, 0.4) is 0 Å². The number of aromatic nitrogens is 1. The second kappa shape index (κ2) is 8.99. The molecule has 2 aliphatic rings. The van der Waals surface area contributed by atoms with Crippen LogP contribution in [0.5, 0.6) is 5.88 Å². The first-order valence-electron chi connectivity index (χ1n) is 11.0. The van der Waals surface area contributed by atoms with Crippen LogP contribution in [0.15, 0.2) is 30.3 Å². The van der Waals surface area contributed by atoms with Crippen molar-refractivity contribution in [1.82, 2.24) is 9.88 Å². The van der Waals surface area contributed by atoms with E-state index in [1.165, 1.54) is 11.3 Å². The van der Waals surface area contributed by atoms with Gasteiger partial charge in [0.25, 0.3) is 0 Å². The maximum absolute atomic E-state index is 12.3. The van der Waals surface area contributed by atoms with Gasteiger partial charge in [-0.05, 0) is 64.7 Å². The van der Waals surface area contributed by atoms with E-state index >= 15 is 0 Å². The fraction of sp³-hybridized carbons (Fsp3) is 0.542. The predicted octanol–water partition coefficient (Wildman–Crippen LogP) is 5.43.